The molecule has 1 heterocycles. The molecule has 1 saturated heterocycles. The second-order valence-electron chi connectivity index (χ2n) is 8.11. The second-order valence-corrected chi connectivity index (χ2v) is 8.11. The van der Waals surface area contributed by atoms with Crippen molar-refractivity contribution in [2.75, 3.05) is 31.0 Å². The highest BCUT2D eigenvalue weighted by molar-refractivity contribution is 6.00. The normalized spacial score (nSPS) is 15.4. The molecular formula is C24H30N4O5. The van der Waals surface area contributed by atoms with Crippen LogP contribution in [-0.2, 0) is 16.1 Å². The van der Waals surface area contributed by atoms with E-state index in [0.29, 0.717) is 36.0 Å². The van der Waals surface area contributed by atoms with Gasteiger partial charge in [-0.25, -0.2) is 4.79 Å². The maximum atomic E-state index is 12.7. The molecule has 0 aliphatic carbocycles. The predicted molar refractivity (Wildman–Crippen MR) is 126 cm³/mol. The van der Waals surface area contributed by atoms with Crippen LogP contribution in [0.15, 0.2) is 42.5 Å². The topological polar surface area (TPSA) is 109 Å². The van der Waals surface area contributed by atoms with Crippen molar-refractivity contribution < 1.29 is 23.9 Å². The van der Waals surface area contributed by atoms with E-state index >= 15 is 0 Å². The van der Waals surface area contributed by atoms with E-state index in [1.165, 1.54) is 7.11 Å². The van der Waals surface area contributed by atoms with Gasteiger partial charge in [-0.05, 0) is 43.7 Å². The Balaban J connectivity index is 1.54. The summed E-state index contributed by atoms with van der Waals surface area (Å²) in [7, 11) is 3.08. The number of methoxy groups -OCH3 is 2. The van der Waals surface area contributed by atoms with Gasteiger partial charge in [-0.15, -0.1) is 0 Å². The quantitative estimate of drug-likeness (QED) is 0.568. The van der Waals surface area contributed by atoms with Gasteiger partial charge in [0.25, 0.3) is 0 Å². The van der Waals surface area contributed by atoms with Gasteiger partial charge in [0.1, 0.15) is 0 Å². The zero-order valence-corrected chi connectivity index (χ0v) is 19.3. The molecule has 1 fully saturated rings. The summed E-state index contributed by atoms with van der Waals surface area (Å²) in [6.07, 6.45) is 0.147. The van der Waals surface area contributed by atoms with Crippen LogP contribution in [0.5, 0.6) is 11.5 Å². The largest absolute Gasteiger partial charge is 0.493 e. The Kier molecular flexibility index (Phi) is 7.76. The van der Waals surface area contributed by atoms with E-state index in [9.17, 15) is 14.4 Å². The first-order valence-electron chi connectivity index (χ1n) is 10.8. The third-order valence-electron chi connectivity index (χ3n) is 5.27. The van der Waals surface area contributed by atoms with Gasteiger partial charge in [-0.2, -0.15) is 0 Å². The molecule has 1 aliphatic heterocycles. The zero-order chi connectivity index (χ0) is 24.0. The lowest BCUT2D eigenvalue weighted by molar-refractivity contribution is -0.126. The number of nitrogens with zero attached hydrogens (tertiary/aromatic N) is 1. The van der Waals surface area contributed by atoms with Crippen LogP contribution in [0.1, 0.15) is 25.8 Å². The molecule has 1 atom stereocenters. The summed E-state index contributed by atoms with van der Waals surface area (Å²) in [6.45, 7) is 4.40. The number of nitrogens with one attached hydrogen (secondary N) is 3. The zero-order valence-electron chi connectivity index (χ0n) is 19.3. The fourth-order valence-corrected chi connectivity index (χ4v) is 3.59. The minimum Gasteiger partial charge on any atom is -0.493 e. The van der Waals surface area contributed by atoms with Gasteiger partial charge < -0.3 is 30.3 Å². The number of urea groups is 1. The van der Waals surface area contributed by atoms with Crippen LogP contribution in [0.25, 0.3) is 0 Å². The molecule has 0 bridgehead atoms. The lowest BCUT2D eigenvalue weighted by Gasteiger charge is -2.18. The summed E-state index contributed by atoms with van der Waals surface area (Å²) in [4.78, 5) is 38.6. The fraction of sp³-hybridized carbons (Fsp3) is 0.375. The molecule has 2 aromatic rings. The molecule has 9 nitrogen and oxygen atoms in total. The Bertz CT molecular complexity index is 1010. The Labute approximate surface area is 193 Å². The molecule has 0 radical (unpaired) electrons. The highest BCUT2D eigenvalue weighted by Crippen LogP contribution is 2.34. The Morgan fingerprint density at radius 1 is 1.06 bits per heavy atom. The number of carbonyl (C=O) groups is 3. The molecular weight excluding hydrogens is 424 g/mol. The lowest BCUT2D eigenvalue weighted by Crippen LogP contribution is -2.34. The summed E-state index contributed by atoms with van der Waals surface area (Å²) in [6, 6.07) is 12.2. The molecule has 176 valence electrons. The minimum absolute atomic E-state index is 0.0460. The van der Waals surface area contributed by atoms with Crippen molar-refractivity contribution in [1.82, 2.24) is 10.6 Å². The molecule has 33 heavy (non-hydrogen) atoms. The van der Waals surface area contributed by atoms with E-state index in [2.05, 4.69) is 16.0 Å². The number of rotatable bonds is 8. The van der Waals surface area contributed by atoms with Gasteiger partial charge in [-0.1, -0.05) is 12.1 Å². The number of hydrogen-bond acceptors (Lipinski definition) is 5. The molecule has 4 amide bonds. The van der Waals surface area contributed by atoms with Crippen LogP contribution in [0, 0.1) is 5.92 Å². The second kappa shape index (κ2) is 10.7. The molecule has 9 heteroatoms. The van der Waals surface area contributed by atoms with Gasteiger partial charge in [0, 0.05) is 43.0 Å². The first-order valence-corrected chi connectivity index (χ1v) is 10.8. The van der Waals surface area contributed by atoms with E-state index in [-0.39, 0.29) is 30.3 Å². The minimum atomic E-state index is -0.439. The molecule has 1 aliphatic rings. The highest BCUT2D eigenvalue weighted by atomic mass is 16.5. The third-order valence-corrected chi connectivity index (χ3v) is 5.27. The maximum Gasteiger partial charge on any atom is 0.319 e. The highest BCUT2D eigenvalue weighted by Gasteiger charge is 2.35. The standard InChI is InChI=1S/C24H30N4O5/c1-15(2)26-24(31)27-18-7-5-16(6-8-18)13-25-23(30)17-11-22(29)28(14-17)19-9-10-20(32-3)21(12-19)33-4/h5-10,12,15,17H,11,13-14H2,1-4H3,(H,25,30)(H2,26,27,31). The first kappa shape index (κ1) is 23.9. The Hall–Kier alpha value is -3.75. The maximum absolute atomic E-state index is 12.7. The predicted octanol–water partition coefficient (Wildman–Crippen LogP) is 2.90. The van der Waals surface area contributed by atoms with Crippen LogP contribution in [0.3, 0.4) is 0 Å². The van der Waals surface area contributed by atoms with Crippen molar-refractivity contribution in [1.29, 1.82) is 0 Å². The van der Waals surface area contributed by atoms with E-state index in [1.54, 1.807) is 42.3 Å². The number of benzene rings is 2. The average molecular weight is 455 g/mol. The van der Waals surface area contributed by atoms with Gasteiger partial charge in [-0.3, -0.25) is 9.59 Å². The van der Waals surface area contributed by atoms with Gasteiger partial charge >= 0.3 is 6.03 Å². The number of anilines is 2. The summed E-state index contributed by atoms with van der Waals surface area (Å²) >= 11 is 0. The van der Waals surface area contributed by atoms with Crippen LogP contribution >= 0.6 is 0 Å². The first-order chi connectivity index (χ1) is 15.8. The van der Waals surface area contributed by atoms with Gasteiger partial charge in [0.05, 0.1) is 20.1 Å². The average Bonchev–Trinajstić information content (AvgIpc) is 3.19. The fourth-order valence-electron chi connectivity index (χ4n) is 3.59. The van der Waals surface area contributed by atoms with Crippen molar-refractivity contribution in [3.8, 4) is 11.5 Å². The van der Waals surface area contributed by atoms with Crippen LogP contribution in [0.2, 0.25) is 0 Å². The van der Waals surface area contributed by atoms with Gasteiger partial charge in [0.2, 0.25) is 11.8 Å². The van der Waals surface area contributed by atoms with E-state index in [0.717, 1.165) is 5.56 Å². The molecule has 3 N–H and O–H groups in total. The summed E-state index contributed by atoms with van der Waals surface area (Å²) in [5.74, 6) is 0.368. The van der Waals surface area contributed by atoms with Crippen molar-refractivity contribution in [2.45, 2.75) is 32.9 Å². The molecule has 3 rings (SSSR count). The monoisotopic (exact) mass is 454 g/mol. The summed E-state index contributed by atoms with van der Waals surface area (Å²) in [5.41, 5.74) is 2.21. The van der Waals surface area contributed by atoms with E-state index < -0.39 is 5.92 Å². The van der Waals surface area contributed by atoms with Crippen molar-refractivity contribution in [3.63, 3.8) is 0 Å². The Morgan fingerprint density at radius 2 is 1.76 bits per heavy atom. The van der Waals surface area contributed by atoms with Crippen molar-refractivity contribution in [2.24, 2.45) is 5.92 Å². The van der Waals surface area contributed by atoms with Crippen LogP contribution < -0.4 is 30.3 Å². The third kappa shape index (κ3) is 6.15. The van der Waals surface area contributed by atoms with E-state index in [4.69, 9.17) is 9.47 Å². The van der Waals surface area contributed by atoms with Crippen molar-refractivity contribution in [3.05, 3.63) is 48.0 Å². The number of hydrogen-bond donors (Lipinski definition) is 3. The number of amides is 4. The molecule has 0 spiro atoms. The number of carbonyl (C=O) groups excluding carboxylic acids is 3. The lowest BCUT2D eigenvalue weighted by atomic mass is 10.1. The summed E-state index contributed by atoms with van der Waals surface area (Å²) in [5, 5.41) is 8.41. The van der Waals surface area contributed by atoms with Crippen LogP contribution in [-0.4, -0.2) is 44.7 Å². The molecule has 0 saturated carbocycles. The van der Waals surface area contributed by atoms with Crippen molar-refractivity contribution >= 4 is 29.2 Å². The molecule has 1 unspecified atom stereocenters. The number of ether oxygens (including phenoxy) is 2. The van der Waals surface area contributed by atoms with Gasteiger partial charge in [0.15, 0.2) is 11.5 Å². The van der Waals surface area contributed by atoms with Crippen LogP contribution in [0.4, 0.5) is 16.2 Å². The van der Waals surface area contributed by atoms with E-state index in [1.807, 2.05) is 26.0 Å². The Morgan fingerprint density at radius 3 is 2.39 bits per heavy atom. The summed E-state index contributed by atoms with van der Waals surface area (Å²) < 4.78 is 10.5. The molecule has 0 aromatic heterocycles. The SMILES string of the molecule is COc1ccc(N2CC(C(=O)NCc3ccc(NC(=O)NC(C)C)cc3)CC2=O)cc1OC. The smallest absolute Gasteiger partial charge is 0.319 e. The molecule has 2 aromatic carbocycles.